The molecular weight excluding hydrogens is 256 g/mol. The maximum atomic E-state index is 5.86. The van der Waals surface area contributed by atoms with E-state index in [9.17, 15) is 0 Å². The van der Waals surface area contributed by atoms with E-state index in [4.69, 9.17) is 4.74 Å². The zero-order valence-corrected chi connectivity index (χ0v) is 14.4. The maximum absolute atomic E-state index is 5.86. The highest BCUT2D eigenvalue weighted by Gasteiger charge is 2.34. The number of hydrogen-bond donors (Lipinski definition) is 0. The Balaban J connectivity index is 2.65. The van der Waals surface area contributed by atoms with Gasteiger partial charge < -0.3 is 4.74 Å². The van der Waals surface area contributed by atoms with E-state index in [1.807, 2.05) is 0 Å². The van der Waals surface area contributed by atoms with Gasteiger partial charge in [-0.1, -0.05) is 76.6 Å². The summed E-state index contributed by atoms with van der Waals surface area (Å²) in [7, 11) is 1.79. The summed E-state index contributed by atoms with van der Waals surface area (Å²) in [6, 6.07) is 4.55. The number of hydrogen-bond acceptors (Lipinski definition) is 1. The van der Waals surface area contributed by atoms with Crippen LogP contribution in [0, 0.1) is 12.8 Å². The van der Waals surface area contributed by atoms with E-state index < -0.39 is 0 Å². The van der Waals surface area contributed by atoms with Crippen LogP contribution in [0.3, 0.4) is 0 Å². The van der Waals surface area contributed by atoms with Gasteiger partial charge in [0.25, 0.3) is 0 Å². The van der Waals surface area contributed by atoms with E-state index in [0.717, 1.165) is 5.75 Å². The van der Waals surface area contributed by atoms with Gasteiger partial charge in [-0.05, 0) is 12.3 Å². The number of benzene rings is 1. The molecule has 1 aromatic carbocycles. The van der Waals surface area contributed by atoms with Crippen LogP contribution in [0.25, 0.3) is 0 Å². The highest BCUT2D eigenvalue weighted by Crippen LogP contribution is 2.44. The summed E-state index contributed by atoms with van der Waals surface area (Å²) in [6.07, 6.45) is 8.83. The second-order valence-electron chi connectivity index (χ2n) is 7.66. The molecule has 0 amide bonds. The first kappa shape index (κ1) is 15.9. The Bertz CT molecular complexity index is 571. The lowest BCUT2D eigenvalue weighted by molar-refractivity contribution is 0.364. The van der Waals surface area contributed by atoms with Crippen molar-refractivity contribution < 1.29 is 4.74 Å². The first-order valence-corrected chi connectivity index (χ1v) is 7.72. The topological polar surface area (TPSA) is 9.23 Å². The van der Waals surface area contributed by atoms with E-state index in [1.54, 1.807) is 7.11 Å². The minimum atomic E-state index is 0.0147. The zero-order valence-electron chi connectivity index (χ0n) is 14.4. The molecule has 0 saturated carbocycles. The second kappa shape index (κ2) is 5.36. The van der Waals surface area contributed by atoms with Crippen LogP contribution >= 0.6 is 0 Å². The molecule has 0 N–H and O–H groups in total. The quantitative estimate of drug-likeness (QED) is 0.730. The van der Waals surface area contributed by atoms with Gasteiger partial charge in [0, 0.05) is 22.5 Å². The number of allylic oxidation sites excluding steroid dienone is 4. The molecule has 0 heterocycles. The van der Waals surface area contributed by atoms with Crippen molar-refractivity contribution in [3.63, 3.8) is 0 Å². The fourth-order valence-corrected chi connectivity index (χ4v) is 3.12. The summed E-state index contributed by atoms with van der Waals surface area (Å²) < 4.78 is 5.86. The Morgan fingerprint density at radius 2 is 1.43 bits per heavy atom. The largest absolute Gasteiger partial charge is 0.496 e. The Labute approximate surface area is 129 Å². The summed E-state index contributed by atoms with van der Waals surface area (Å²) in [5.41, 5.74) is 3.98. The monoisotopic (exact) mass is 284 g/mol. The van der Waals surface area contributed by atoms with Crippen molar-refractivity contribution in [2.75, 3.05) is 7.11 Å². The van der Waals surface area contributed by atoms with Crippen LogP contribution in [0.4, 0.5) is 0 Å². The third-order valence-corrected chi connectivity index (χ3v) is 4.52. The number of methoxy groups -OCH3 is 1. The van der Waals surface area contributed by atoms with Crippen LogP contribution < -0.4 is 4.74 Å². The average Bonchev–Trinajstić information content (AvgIpc) is 2.91. The third-order valence-electron chi connectivity index (χ3n) is 4.52. The molecule has 0 aromatic heterocycles. The van der Waals surface area contributed by atoms with Crippen molar-refractivity contribution in [3.05, 3.63) is 53.1 Å². The van der Waals surface area contributed by atoms with Crippen molar-refractivity contribution in [1.29, 1.82) is 0 Å². The normalized spacial score (nSPS) is 15.8. The van der Waals surface area contributed by atoms with Gasteiger partial charge in [0.2, 0.25) is 0 Å². The molecule has 1 aliphatic carbocycles. The number of aryl methyl sites for hydroxylation is 1. The maximum Gasteiger partial charge on any atom is 0.126 e. The SMILES string of the molecule is COc1c(C(C)(C)C)cc(C)cc1C(C)(C)C1C=CC=C1. The molecule has 21 heavy (non-hydrogen) atoms. The predicted octanol–water partition coefficient (Wildman–Crippen LogP) is 5.32. The summed E-state index contributed by atoms with van der Waals surface area (Å²) in [4.78, 5) is 0. The molecule has 0 radical (unpaired) electrons. The summed E-state index contributed by atoms with van der Waals surface area (Å²) in [6.45, 7) is 13.5. The lowest BCUT2D eigenvalue weighted by Gasteiger charge is -2.34. The minimum absolute atomic E-state index is 0.0147. The van der Waals surface area contributed by atoms with Gasteiger partial charge in [-0.2, -0.15) is 0 Å². The van der Waals surface area contributed by atoms with Gasteiger partial charge in [0.15, 0.2) is 0 Å². The van der Waals surface area contributed by atoms with Crippen LogP contribution in [0.1, 0.15) is 51.3 Å². The minimum Gasteiger partial charge on any atom is -0.496 e. The fraction of sp³-hybridized carbons (Fsp3) is 0.500. The number of rotatable bonds is 3. The molecule has 0 saturated heterocycles. The standard InChI is InChI=1S/C20H28O/c1-14-12-16(19(2,3)4)18(21-7)17(13-14)20(5,6)15-10-8-9-11-15/h8-13,15H,1-7H3. The molecule has 0 spiro atoms. The second-order valence-corrected chi connectivity index (χ2v) is 7.66. The molecule has 0 atom stereocenters. The van der Waals surface area contributed by atoms with Crippen molar-refractivity contribution in [2.24, 2.45) is 5.92 Å². The van der Waals surface area contributed by atoms with E-state index >= 15 is 0 Å². The van der Waals surface area contributed by atoms with Crippen LogP contribution in [0.5, 0.6) is 5.75 Å². The molecule has 1 nitrogen and oxygen atoms in total. The van der Waals surface area contributed by atoms with E-state index in [1.165, 1.54) is 16.7 Å². The zero-order chi connectivity index (χ0) is 15.8. The molecule has 0 fully saturated rings. The third kappa shape index (κ3) is 2.92. The molecular formula is C20H28O. The van der Waals surface area contributed by atoms with E-state index in [2.05, 4.69) is 78.0 Å². The smallest absolute Gasteiger partial charge is 0.126 e. The van der Waals surface area contributed by atoms with Gasteiger partial charge in [-0.25, -0.2) is 0 Å². The van der Waals surface area contributed by atoms with Crippen molar-refractivity contribution in [1.82, 2.24) is 0 Å². The van der Waals surface area contributed by atoms with Gasteiger partial charge in [0.05, 0.1) is 7.11 Å². The van der Waals surface area contributed by atoms with Crippen molar-refractivity contribution >= 4 is 0 Å². The average molecular weight is 284 g/mol. The van der Waals surface area contributed by atoms with Crippen LogP contribution in [-0.2, 0) is 10.8 Å². The summed E-state index contributed by atoms with van der Waals surface area (Å²) >= 11 is 0. The van der Waals surface area contributed by atoms with Crippen LogP contribution in [0.2, 0.25) is 0 Å². The molecule has 1 heteroatoms. The summed E-state index contributed by atoms with van der Waals surface area (Å²) in [5.74, 6) is 1.47. The van der Waals surface area contributed by atoms with E-state index in [-0.39, 0.29) is 10.8 Å². The van der Waals surface area contributed by atoms with Gasteiger partial charge in [0.1, 0.15) is 5.75 Å². The Morgan fingerprint density at radius 1 is 0.905 bits per heavy atom. The van der Waals surface area contributed by atoms with E-state index in [0.29, 0.717) is 5.92 Å². The van der Waals surface area contributed by atoms with Crippen molar-refractivity contribution in [2.45, 2.75) is 52.4 Å². The van der Waals surface area contributed by atoms with Gasteiger partial charge >= 0.3 is 0 Å². The lowest BCUT2D eigenvalue weighted by Crippen LogP contribution is -2.27. The Kier molecular flexibility index (Phi) is 4.06. The predicted molar refractivity (Wildman–Crippen MR) is 91.2 cm³/mol. The lowest BCUT2D eigenvalue weighted by atomic mass is 9.71. The highest BCUT2D eigenvalue weighted by molar-refractivity contribution is 5.52. The van der Waals surface area contributed by atoms with Crippen molar-refractivity contribution in [3.8, 4) is 5.75 Å². The van der Waals surface area contributed by atoms with Gasteiger partial charge in [-0.3, -0.25) is 0 Å². The molecule has 2 rings (SSSR count). The first-order valence-electron chi connectivity index (χ1n) is 7.72. The summed E-state index contributed by atoms with van der Waals surface area (Å²) in [5, 5.41) is 0. The molecule has 1 aromatic rings. The fourth-order valence-electron chi connectivity index (χ4n) is 3.12. The molecule has 0 aliphatic heterocycles. The Hall–Kier alpha value is -1.50. The first-order chi connectivity index (χ1) is 9.67. The molecule has 114 valence electrons. The number of ether oxygens (including phenoxy) is 1. The Morgan fingerprint density at radius 3 is 1.90 bits per heavy atom. The van der Waals surface area contributed by atoms with Crippen LogP contribution in [0.15, 0.2) is 36.4 Å². The highest BCUT2D eigenvalue weighted by atomic mass is 16.5. The van der Waals surface area contributed by atoms with Gasteiger partial charge in [-0.15, -0.1) is 0 Å². The van der Waals surface area contributed by atoms with Crippen LogP contribution in [-0.4, -0.2) is 7.11 Å². The molecule has 0 bridgehead atoms. The molecule has 0 unspecified atom stereocenters. The molecule has 1 aliphatic rings.